The molecule has 0 aliphatic rings. The number of hydrogen-bond acceptors (Lipinski definition) is 7. The highest BCUT2D eigenvalue weighted by Crippen LogP contribution is 2.20. The predicted octanol–water partition coefficient (Wildman–Crippen LogP) is 0.554. The Kier molecular flexibility index (Phi) is 8.38. The van der Waals surface area contributed by atoms with Gasteiger partial charge in [-0.15, -0.1) is 12.4 Å². The van der Waals surface area contributed by atoms with E-state index in [1.165, 1.54) is 0 Å². The first kappa shape index (κ1) is 23.2. The van der Waals surface area contributed by atoms with Gasteiger partial charge < -0.3 is 15.2 Å². The molecule has 0 aliphatic heterocycles. The zero-order chi connectivity index (χ0) is 18.5. The number of methoxy groups -OCH3 is 2. The third-order valence-electron chi connectivity index (χ3n) is 2.92. The standard InChI is InChI=1S/C13H16F2N2O6S.ClH/c1-22-11(18)8-3-4-9(12(19)23-2)10(5-8)24(20,21)17-7-13(14,15)6-16;/h3-5,17H,6-7,16H2,1-2H3;1H. The number of carbonyl (C=O) groups excluding carboxylic acids is 2. The Balaban J connectivity index is 0.00000576. The summed E-state index contributed by atoms with van der Waals surface area (Å²) in [6, 6.07) is 3.00. The molecule has 12 heteroatoms. The summed E-state index contributed by atoms with van der Waals surface area (Å²) in [7, 11) is -2.46. The van der Waals surface area contributed by atoms with Crippen molar-refractivity contribution in [3.63, 3.8) is 0 Å². The van der Waals surface area contributed by atoms with Crippen LogP contribution in [0.4, 0.5) is 8.78 Å². The van der Waals surface area contributed by atoms with Crippen LogP contribution < -0.4 is 10.5 Å². The predicted molar refractivity (Wildman–Crippen MR) is 85.6 cm³/mol. The number of carbonyl (C=O) groups is 2. The highest BCUT2D eigenvalue weighted by molar-refractivity contribution is 7.89. The first-order chi connectivity index (χ1) is 11.1. The van der Waals surface area contributed by atoms with Gasteiger partial charge in [-0.1, -0.05) is 0 Å². The van der Waals surface area contributed by atoms with E-state index in [0.717, 1.165) is 32.4 Å². The molecule has 1 aromatic rings. The van der Waals surface area contributed by atoms with Crippen molar-refractivity contribution in [3.05, 3.63) is 29.3 Å². The summed E-state index contributed by atoms with van der Waals surface area (Å²) in [5, 5.41) is 0. The van der Waals surface area contributed by atoms with Crippen LogP contribution >= 0.6 is 12.4 Å². The van der Waals surface area contributed by atoms with Gasteiger partial charge in [0.25, 0.3) is 5.92 Å². The minimum atomic E-state index is -4.55. The van der Waals surface area contributed by atoms with Gasteiger partial charge in [-0.25, -0.2) is 31.5 Å². The van der Waals surface area contributed by atoms with Crippen LogP contribution in [0.5, 0.6) is 0 Å². The highest BCUT2D eigenvalue weighted by Gasteiger charge is 2.31. The first-order valence-electron chi connectivity index (χ1n) is 6.46. The molecule has 0 atom stereocenters. The number of esters is 2. The van der Waals surface area contributed by atoms with E-state index in [1.54, 1.807) is 4.72 Å². The number of alkyl halides is 2. The van der Waals surface area contributed by atoms with Crippen LogP contribution in [0.3, 0.4) is 0 Å². The van der Waals surface area contributed by atoms with E-state index < -0.39 is 51.4 Å². The molecule has 3 N–H and O–H groups in total. The molecule has 0 aromatic heterocycles. The summed E-state index contributed by atoms with van der Waals surface area (Å²) in [5.74, 6) is -5.36. The highest BCUT2D eigenvalue weighted by atomic mass is 35.5. The molecule has 0 fully saturated rings. The minimum absolute atomic E-state index is 0. The molecular formula is C13H17ClF2N2O6S. The second kappa shape index (κ2) is 9.04. The molecule has 0 unspecified atom stereocenters. The Hall–Kier alpha value is -1.82. The van der Waals surface area contributed by atoms with Crippen molar-refractivity contribution in [3.8, 4) is 0 Å². The molecule has 0 bridgehead atoms. The molecule has 142 valence electrons. The fourth-order valence-electron chi connectivity index (χ4n) is 1.62. The van der Waals surface area contributed by atoms with Crippen LogP contribution in [0.25, 0.3) is 0 Å². The molecule has 0 radical (unpaired) electrons. The average molecular weight is 403 g/mol. The number of nitrogens with one attached hydrogen (secondary N) is 1. The number of ether oxygens (including phenoxy) is 2. The van der Waals surface area contributed by atoms with Crippen molar-refractivity contribution < 1.29 is 36.3 Å². The van der Waals surface area contributed by atoms with Crippen molar-refractivity contribution in [2.45, 2.75) is 10.8 Å². The monoisotopic (exact) mass is 402 g/mol. The van der Waals surface area contributed by atoms with Crippen LogP contribution in [0, 0.1) is 0 Å². The van der Waals surface area contributed by atoms with Gasteiger partial charge >= 0.3 is 11.9 Å². The first-order valence-corrected chi connectivity index (χ1v) is 7.94. The van der Waals surface area contributed by atoms with E-state index in [2.05, 4.69) is 9.47 Å². The number of benzene rings is 1. The smallest absolute Gasteiger partial charge is 0.339 e. The summed E-state index contributed by atoms with van der Waals surface area (Å²) in [5.41, 5.74) is 4.23. The van der Waals surface area contributed by atoms with E-state index in [0.29, 0.717) is 0 Å². The van der Waals surface area contributed by atoms with Gasteiger partial charge in [0, 0.05) is 0 Å². The summed E-state index contributed by atoms with van der Waals surface area (Å²) in [6.45, 7) is -2.34. The lowest BCUT2D eigenvalue weighted by Crippen LogP contribution is -2.41. The number of hydrogen-bond donors (Lipinski definition) is 2. The maximum atomic E-state index is 13.2. The number of rotatable bonds is 7. The number of halogens is 3. The van der Waals surface area contributed by atoms with Crippen molar-refractivity contribution in [1.82, 2.24) is 4.72 Å². The summed E-state index contributed by atoms with van der Waals surface area (Å²) in [4.78, 5) is 22.5. The van der Waals surface area contributed by atoms with Crippen LogP contribution in [0.2, 0.25) is 0 Å². The normalized spacial score (nSPS) is 11.4. The summed E-state index contributed by atoms with van der Waals surface area (Å²) >= 11 is 0. The second-order valence-electron chi connectivity index (χ2n) is 4.58. The van der Waals surface area contributed by atoms with E-state index in [9.17, 15) is 26.8 Å². The lowest BCUT2D eigenvalue weighted by atomic mass is 10.1. The molecule has 0 heterocycles. The SMILES string of the molecule is COC(=O)c1ccc(C(=O)OC)c(S(=O)(=O)NCC(F)(F)CN)c1.Cl. The maximum Gasteiger partial charge on any atom is 0.339 e. The van der Waals surface area contributed by atoms with Crippen LogP contribution in [0.1, 0.15) is 20.7 Å². The van der Waals surface area contributed by atoms with E-state index >= 15 is 0 Å². The van der Waals surface area contributed by atoms with Gasteiger partial charge in [-0.2, -0.15) is 0 Å². The molecule has 0 saturated heterocycles. The molecule has 0 aliphatic carbocycles. The Morgan fingerprint density at radius 2 is 1.76 bits per heavy atom. The Morgan fingerprint density at radius 1 is 1.20 bits per heavy atom. The van der Waals surface area contributed by atoms with Gasteiger partial charge in [0.1, 0.15) is 0 Å². The molecule has 0 spiro atoms. The van der Waals surface area contributed by atoms with Crippen molar-refractivity contribution in [1.29, 1.82) is 0 Å². The largest absolute Gasteiger partial charge is 0.465 e. The lowest BCUT2D eigenvalue weighted by molar-refractivity contribution is 0.0170. The summed E-state index contributed by atoms with van der Waals surface area (Å²) < 4.78 is 61.4. The average Bonchev–Trinajstić information content (AvgIpc) is 2.58. The fraction of sp³-hybridized carbons (Fsp3) is 0.385. The Bertz CT molecular complexity index is 742. The molecule has 1 aromatic carbocycles. The molecule has 1 rings (SSSR count). The van der Waals surface area contributed by atoms with E-state index in [1.807, 2.05) is 0 Å². The molecular weight excluding hydrogens is 386 g/mol. The van der Waals surface area contributed by atoms with E-state index in [4.69, 9.17) is 5.73 Å². The lowest BCUT2D eigenvalue weighted by Gasteiger charge is -2.16. The Morgan fingerprint density at radius 3 is 2.24 bits per heavy atom. The minimum Gasteiger partial charge on any atom is -0.465 e. The van der Waals surface area contributed by atoms with Crippen molar-refractivity contribution in [2.75, 3.05) is 27.3 Å². The zero-order valence-electron chi connectivity index (χ0n) is 13.2. The van der Waals surface area contributed by atoms with E-state index in [-0.39, 0.29) is 18.0 Å². The number of nitrogens with two attached hydrogens (primary N) is 1. The van der Waals surface area contributed by atoms with Gasteiger partial charge in [0.2, 0.25) is 10.0 Å². The topological polar surface area (TPSA) is 125 Å². The summed E-state index contributed by atoms with van der Waals surface area (Å²) in [6.07, 6.45) is 0. The van der Waals surface area contributed by atoms with Gasteiger partial charge in [-0.05, 0) is 18.2 Å². The molecule has 25 heavy (non-hydrogen) atoms. The van der Waals surface area contributed by atoms with Crippen molar-refractivity contribution >= 4 is 34.4 Å². The third kappa shape index (κ3) is 5.88. The third-order valence-corrected chi connectivity index (χ3v) is 4.36. The Labute approximate surface area is 149 Å². The van der Waals surface area contributed by atoms with Crippen LogP contribution in [0.15, 0.2) is 23.1 Å². The molecule has 0 amide bonds. The van der Waals surface area contributed by atoms with Crippen LogP contribution in [-0.4, -0.2) is 53.6 Å². The van der Waals surface area contributed by atoms with Gasteiger partial charge in [0.05, 0.1) is 43.3 Å². The fourth-order valence-corrected chi connectivity index (χ4v) is 2.90. The van der Waals surface area contributed by atoms with Gasteiger partial charge in [0.15, 0.2) is 0 Å². The molecule has 0 saturated carbocycles. The van der Waals surface area contributed by atoms with Crippen LogP contribution in [-0.2, 0) is 19.5 Å². The van der Waals surface area contributed by atoms with Crippen molar-refractivity contribution in [2.24, 2.45) is 5.73 Å². The zero-order valence-corrected chi connectivity index (χ0v) is 14.9. The van der Waals surface area contributed by atoms with Gasteiger partial charge in [-0.3, -0.25) is 0 Å². The quantitative estimate of drug-likeness (QED) is 0.638. The second-order valence-corrected chi connectivity index (χ2v) is 6.31. The maximum absolute atomic E-state index is 13.2. The molecule has 8 nitrogen and oxygen atoms in total. The number of sulfonamides is 1.